The minimum absolute atomic E-state index is 0.289. The monoisotopic (exact) mass is 1460 g/mol. The van der Waals surface area contributed by atoms with Gasteiger partial charge in [0.15, 0.2) is 75.7 Å². The van der Waals surface area contributed by atoms with Crippen LogP contribution >= 0.6 is 0 Å². The van der Waals surface area contributed by atoms with Crippen molar-refractivity contribution in [2.45, 2.75) is 13.8 Å². The van der Waals surface area contributed by atoms with Crippen LogP contribution in [-0.4, -0.2) is 83.9 Å². The number of rotatable bonds is 15. The van der Waals surface area contributed by atoms with E-state index in [9.17, 15) is 5.26 Å². The van der Waals surface area contributed by atoms with Crippen molar-refractivity contribution in [3.05, 3.63) is 345 Å². The zero-order chi connectivity index (χ0) is 76.2. The molecule has 20 rings (SSSR count). The zero-order valence-corrected chi connectivity index (χ0v) is 61.2. The molecule has 0 amide bonds. The van der Waals surface area contributed by atoms with E-state index in [4.69, 9.17) is 74.8 Å². The van der Waals surface area contributed by atoms with Gasteiger partial charge < -0.3 is 9.13 Å². The van der Waals surface area contributed by atoms with Crippen LogP contribution in [-0.2, 0) is 0 Å². The van der Waals surface area contributed by atoms with E-state index in [1.165, 1.54) is 0 Å². The van der Waals surface area contributed by atoms with Crippen molar-refractivity contribution in [1.82, 2.24) is 83.9 Å². The number of benzene rings is 13. The Morgan fingerprint density at radius 2 is 0.377 bits per heavy atom. The number of fused-ring (bicyclic) bond motifs is 6. The lowest BCUT2D eigenvalue weighted by Gasteiger charge is -2.19. The Bertz CT molecular complexity index is 6150. The molecule has 20 aromatic rings. The van der Waals surface area contributed by atoms with Crippen LogP contribution in [0.5, 0.6) is 0 Å². The third kappa shape index (κ3) is 12.6. The maximum Gasteiger partial charge on any atom is 0.164 e. The van der Waals surface area contributed by atoms with Crippen LogP contribution in [0.3, 0.4) is 0 Å². The Balaban J connectivity index is 0.897. The summed E-state index contributed by atoms with van der Waals surface area (Å²) >= 11 is 0. The second kappa shape index (κ2) is 28.5. The van der Waals surface area contributed by atoms with Gasteiger partial charge >= 0.3 is 0 Å². The minimum atomic E-state index is 0.289. The van der Waals surface area contributed by atoms with E-state index in [0.717, 1.165) is 88.1 Å². The fourth-order valence-electron chi connectivity index (χ4n) is 14.8. The molecule has 18 heteroatoms. The molecule has 0 aliphatic carbocycles. The number of nitrogens with zero attached hydrogens (tertiary/aromatic N) is 18. The van der Waals surface area contributed by atoms with Crippen LogP contribution in [0.2, 0.25) is 0 Å². The third-order valence-corrected chi connectivity index (χ3v) is 20.2. The molecule has 0 spiro atoms. The second-order valence-corrected chi connectivity index (χ2v) is 27.5. The van der Waals surface area contributed by atoms with Crippen LogP contribution < -0.4 is 0 Å². The molecule has 7 heterocycles. The van der Waals surface area contributed by atoms with Gasteiger partial charge in [0.05, 0.1) is 33.4 Å². The molecule has 18 nitrogen and oxygen atoms in total. The van der Waals surface area contributed by atoms with E-state index in [-0.39, 0.29) is 5.56 Å². The first-order valence-electron chi connectivity index (χ1n) is 37.2. The van der Waals surface area contributed by atoms with Crippen molar-refractivity contribution in [2.75, 3.05) is 0 Å². The highest BCUT2D eigenvalue weighted by Gasteiger charge is 2.28. The number of nitriles is 1. The highest BCUT2D eigenvalue weighted by atomic mass is 15.1. The summed E-state index contributed by atoms with van der Waals surface area (Å²) in [6.45, 7) is 3.72. The van der Waals surface area contributed by atoms with Gasteiger partial charge in [-0.3, -0.25) is 0 Å². The molecular formula is C96H60N18. The van der Waals surface area contributed by atoms with Crippen molar-refractivity contribution in [3.8, 4) is 165 Å². The third-order valence-electron chi connectivity index (χ3n) is 20.2. The maximum atomic E-state index is 12.8. The van der Waals surface area contributed by atoms with Crippen LogP contribution in [0.25, 0.3) is 203 Å². The summed E-state index contributed by atoms with van der Waals surface area (Å²) in [5, 5.41) is 16.3. The number of hydrogen-bond acceptors (Lipinski definition) is 16. The average Bonchev–Trinajstić information content (AvgIpc) is 1.55. The fraction of sp³-hybridized carbons (Fsp3) is 0.0208. The fourth-order valence-corrected chi connectivity index (χ4v) is 14.8. The Morgan fingerprint density at radius 1 is 0.193 bits per heavy atom. The number of aromatic nitrogens is 17. The standard InChI is InChI=1S/C96H60N18/c1-58-98-59(2)100-96(99-58)72-55-82(113-78-51-68(92-105-84(60-27-11-3-12-28-60)101-85(106-92)61-29-13-4-14-30-61)43-47-73(78)74-48-44-69(52-79(74)113)93-107-86(62-31-15-5-16-32-62)102-87(108-93)63-33-17-6-18-34-63)77(57-97)83(56-72)114-80-53-70(94-109-88(64-35-19-7-20-36-64)103-89(110-94)65-37-21-8-22-38-65)45-49-75(80)76-50-46-71(54-81(76)114)95-111-90(66-39-23-9-24-40-66)104-91(112-95)67-41-25-10-26-42-67/h3-56H,1-2H3. The summed E-state index contributed by atoms with van der Waals surface area (Å²) in [7, 11) is 0. The highest BCUT2D eigenvalue weighted by molar-refractivity contribution is 6.13. The molecule has 0 radical (unpaired) electrons. The van der Waals surface area contributed by atoms with Gasteiger partial charge in [-0.15, -0.1) is 0 Å². The summed E-state index contributed by atoms with van der Waals surface area (Å²) < 4.78 is 4.32. The molecule has 7 aromatic heterocycles. The lowest BCUT2D eigenvalue weighted by atomic mass is 10.0. The van der Waals surface area contributed by atoms with E-state index in [2.05, 4.69) is 88.0 Å². The Kier molecular flexibility index (Phi) is 16.9. The van der Waals surface area contributed by atoms with Gasteiger partial charge in [-0.25, -0.2) is 74.8 Å². The molecular weight excluding hydrogens is 1410 g/mol. The highest BCUT2D eigenvalue weighted by Crippen LogP contribution is 2.44. The van der Waals surface area contributed by atoms with Crippen molar-refractivity contribution in [1.29, 1.82) is 5.26 Å². The zero-order valence-electron chi connectivity index (χ0n) is 61.2. The molecule has 0 saturated heterocycles. The maximum absolute atomic E-state index is 12.8. The van der Waals surface area contributed by atoms with Crippen molar-refractivity contribution in [2.24, 2.45) is 0 Å². The molecule has 0 atom stereocenters. The smallest absolute Gasteiger partial charge is 0.164 e. The molecule has 0 saturated carbocycles. The van der Waals surface area contributed by atoms with E-state index in [1.54, 1.807) is 0 Å². The van der Waals surface area contributed by atoms with Gasteiger partial charge in [0, 0.05) is 93.9 Å². The molecule has 0 bridgehead atoms. The Hall–Kier alpha value is -16.0. The van der Waals surface area contributed by atoms with E-state index in [0.29, 0.717) is 127 Å². The van der Waals surface area contributed by atoms with Crippen LogP contribution in [0.1, 0.15) is 17.2 Å². The second-order valence-electron chi connectivity index (χ2n) is 27.5. The van der Waals surface area contributed by atoms with Crippen molar-refractivity contribution < 1.29 is 0 Å². The van der Waals surface area contributed by atoms with Gasteiger partial charge in [-0.05, 0) is 50.2 Å². The molecule has 0 N–H and O–H groups in total. The van der Waals surface area contributed by atoms with Crippen LogP contribution in [0.15, 0.2) is 328 Å². The first kappa shape index (κ1) is 67.4. The summed E-state index contributed by atoms with van der Waals surface area (Å²) in [5.74, 6) is 7.18. The lowest BCUT2D eigenvalue weighted by Crippen LogP contribution is -2.07. The van der Waals surface area contributed by atoms with Crippen LogP contribution in [0.4, 0.5) is 0 Å². The first-order valence-corrected chi connectivity index (χ1v) is 37.2. The largest absolute Gasteiger partial charge is 0.308 e. The van der Waals surface area contributed by atoms with Crippen molar-refractivity contribution >= 4 is 43.6 Å². The van der Waals surface area contributed by atoms with Gasteiger partial charge in [0.2, 0.25) is 0 Å². The molecule has 114 heavy (non-hydrogen) atoms. The SMILES string of the molecule is Cc1nc(C)nc(-c2cc(-n3c4cc(-c5nc(-c6ccccc6)nc(-c6ccccc6)n5)ccc4c4ccc(-c5nc(-c6ccccc6)nc(-c6ccccc6)n5)cc43)c(C#N)c(-n3c4cc(-c5nc(-c6ccccc6)nc(-c6ccccc6)n5)ccc4c4ccc(-c5nc(-c6ccccc6)nc(-c6ccccc6)n5)cc43)c2)n1. The average molecular weight is 1470 g/mol. The van der Waals surface area contributed by atoms with Gasteiger partial charge in [0.25, 0.3) is 0 Å². The summed E-state index contributed by atoms with van der Waals surface area (Å²) in [4.78, 5) is 77.5. The predicted molar refractivity (Wildman–Crippen MR) is 447 cm³/mol. The van der Waals surface area contributed by atoms with Gasteiger partial charge in [-0.1, -0.05) is 291 Å². The van der Waals surface area contributed by atoms with Crippen molar-refractivity contribution in [3.63, 3.8) is 0 Å². The molecule has 534 valence electrons. The van der Waals surface area contributed by atoms with Gasteiger partial charge in [-0.2, -0.15) is 5.26 Å². The Morgan fingerprint density at radius 3 is 0.570 bits per heavy atom. The molecule has 0 fully saturated rings. The minimum Gasteiger partial charge on any atom is -0.308 e. The predicted octanol–water partition coefficient (Wildman–Crippen LogP) is 21.0. The summed E-state index contributed by atoms with van der Waals surface area (Å²) in [6.07, 6.45) is 0. The molecule has 0 unspecified atom stereocenters. The summed E-state index contributed by atoms with van der Waals surface area (Å²) in [6, 6.07) is 111. The van der Waals surface area contributed by atoms with E-state index >= 15 is 0 Å². The van der Waals surface area contributed by atoms with Crippen LogP contribution in [0, 0.1) is 25.2 Å². The molecule has 13 aromatic carbocycles. The summed E-state index contributed by atoms with van der Waals surface area (Å²) in [5.41, 5.74) is 14.1. The van der Waals surface area contributed by atoms with E-state index in [1.807, 2.05) is 269 Å². The lowest BCUT2D eigenvalue weighted by molar-refractivity contribution is 0.927. The number of hydrogen-bond donors (Lipinski definition) is 0. The van der Waals surface area contributed by atoms with Gasteiger partial charge in [0.1, 0.15) is 23.3 Å². The molecule has 0 aliphatic rings. The first-order chi connectivity index (χ1) is 56.2. The molecule has 0 aliphatic heterocycles. The Labute approximate surface area is 653 Å². The normalized spacial score (nSPS) is 11.4. The topological polar surface area (TPSA) is 227 Å². The number of aryl methyl sites for hydroxylation is 2. The van der Waals surface area contributed by atoms with E-state index < -0.39 is 0 Å². The quantitative estimate of drug-likeness (QED) is 0.0929.